The van der Waals surface area contributed by atoms with E-state index < -0.39 is 10.9 Å². The molecule has 0 aliphatic heterocycles. The zero-order valence-electron chi connectivity index (χ0n) is 12.8. The van der Waals surface area contributed by atoms with Crippen molar-refractivity contribution in [1.82, 2.24) is 5.32 Å². The Morgan fingerprint density at radius 3 is 2.61 bits per heavy atom. The first kappa shape index (κ1) is 16.9. The van der Waals surface area contributed by atoms with Crippen LogP contribution in [0, 0.1) is 10.1 Å². The van der Waals surface area contributed by atoms with Crippen molar-refractivity contribution in [3.8, 4) is 0 Å². The van der Waals surface area contributed by atoms with E-state index in [1.165, 1.54) is 24.6 Å². The number of nitro groups is 1. The van der Waals surface area contributed by atoms with Gasteiger partial charge in [0.15, 0.2) is 6.61 Å². The van der Waals surface area contributed by atoms with E-state index in [9.17, 15) is 19.7 Å². The molecule has 1 fully saturated rings. The van der Waals surface area contributed by atoms with Crippen LogP contribution in [0.5, 0.6) is 0 Å². The third kappa shape index (κ3) is 5.36. The van der Waals surface area contributed by atoms with Gasteiger partial charge in [0.2, 0.25) is 0 Å². The molecule has 1 aromatic carbocycles. The SMILES string of the molecule is O=C(COC(=O)Cc1ccccc1[N+](=O)[O-])NC1CCCCC1. The number of para-hydroxylation sites is 1. The molecule has 0 radical (unpaired) electrons. The number of carbonyl (C=O) groups is 2. The van der Waals surface area contributed by atoms with Gasteiger partial charge in [0, 0.05) is 17.7 Å². The van der Waals surface area contributed by atoms with E-state index >= 15 is 0 Å². The van der Waals surface area contributed by atoms with Crippen molar-refractivity contribution in [3.05, 3.63) is 39.9 Å². The number of amides is 1. The van der Waals surface area contributed by atoms with Gasteiger partial charge >= 0.3 is 5.97 Å². The van der Waals surface area contributed by atoms with Crippen LogP contribution in [0.4, 0.5) is 5.69 Å². The zero-order chi connectivity index (χ0) is 16.7. The number of benzene rings is 1. The van der Waals surface area contributed by atoms with Gasteiger partial charge < -0.3 is 10.1 Å². The minimum absolute atomic E-state index is 0.129. The first-order valence-electron chi connectivity index (χ1n) is 7.73. The lowest BCUT2D eigenvalue weighted by Crippen LogP contribution is -2.38. The fourth-order valence-corrected chi connectivity index (χ4v) is 2.71. The second-order valence-electron chi connectivity index (χ2n) is 5.63. The number of ether oxygens (including phenoxy) is 1. The van der Waals surface area contributed by atoms with E-state index in [1.54, 1.807) is 6.07 Å². The standard InChI is InChI=1S/C16H20N2O5/c19-15(17-13-7-2-1-3-8-13)11-23-16(20)10-12-6-4-5-9-14(12)18(21)22/h4-6,9,13H,1-3,7-8,10-11H2,(H,17,19). The Labute approximate surface area is 134 Å². The molecule has 1 N–H and O–H groups in total. The maximum atomic E-state index is 11.8. The molecule has 0 bridgehead atoms. The lowest BCUT2D eigenvalue weighted by Gasteiger charge is -2.22. The molecular weight excluding hydrogens is 300 g/mol. The quantitative estimate of drug-likeness (QED) is 0.492. The smallest absolute Gasteiger partial charge is 0.311 e. The molecule has 2 rings (SSSR count). The molecule has 7 heteroatoms. The van der Waals surface area contributed by atoms with E-state index in [1.807, 2.05) is 0 Å². The summed E-state index contributed by atoms with van der Waals surface area (Å²) in [7, 11) is 0. The lowest BCUT2D eigenvalue weighted by molar-refractivity contribution is -0.385. The number of rotatable bonds is 6. The molecule has 1 saturated carbocycles. The average Bonchev–Trinajstić information content (AvgIpc) is 2.54. The molecule has 23 heavy (non-hydrogen) atoms. The summed E-state index contributed by atoms with van der Waals surface area (Å²) in [6, 6.07) is 6.14. The highest BCUT2D eigenvalue weighted by molar-refractivity contribution is 5.81. The summed E-state index contributed by atoms with van der Waals surface area (Å²) >= 11 is 0. The Bertz CT molecular complexity index is 582. The van der Waals surface area contributed by atoms with Crippen LogP contribution in [0.3, 0.4) is 0 Å². The summed E-state index contributed by atoms with van der Waals surface area (Å²) in [5.41, 5.74) is 0.145. The molecule has 1 amide bonds. The third-order valence-corrected chi connectivity index (χ3v) is 3.86. The average molecular weight is 320 g/mol. The molecule has 0 aromatic heterocycles. The van der Waals surface area contributed by atoms with E-state index in [-0.39, 0.29) is 36.2 Å². The first-order chi connectivity index (χ1) is 11.1. The minimum atomic E-state index is -0.655. The number of hydrogen-bond donors (Lipinski definition) is 1. The van der Waals surface area contributed by atoms with Crippen molar-refractivity contribution in [2.45, 2.75) is 44.6 Å². The molecule has 1 aliphatic carbocycles. The summed E-state index contributed by atoms with van der Waals surface area (Å²) in [6.07, 6.45) is 5.07. The summed E-state index contributed by atoms with van der Waals surface area (Å²) in [6.45, 7) is -0.351. The van der Waals surface area contributed by atoms with Crippen molar-refractivity contribution in [1.29, 1.82) is 0 Å². The Morgan fingerprint density at radius 2 is 1.91 bits per heavy atom. The molecule has 124 valence electrons. The highest BCUT2D eigenvalue weighted by Gasteiger charge is 2.19. The molecule has 0 saturated heterocycles. The van der Waals surface area contributed by atoms with Gasteiger partial charge in [-0.1, -0.05) is 37.5 Å². The molecule has 0 atom stereocenters. The van der Waals surface area contributed by atoms with Crippen LogP contribution in [-0.4, -0.2) is 29.4 Å². The highest BCUT2D eigenvalue weighted by atomic mass is 16.6. The largest absolute Gasteiger partial charge is 0.455 e. The number of hydrogen-bond acceptors (Lipinski definition) is 5. The van der Waals surface area contributed by atoms with Gasteiger partial charge in [0.05, 0.1) is 11.3 Å². The van der Waals surface area contributed by atoms with Crippen LogP contribution in [-0.2, 0) is 20.7 Å². The van der Waals surface area contributed by atoms with E-state index in [0.29, 0.717) is 0 Å². The molecular formula is C16H20N2O5. The van der Waals surface area contributed by atoms with Crippen LogP contribution >= 0.6 is 0 Å². The molecule has 0 spiro atoms. The third-order valence-electron chi connectivity index (χ3n) is 3.86. The first-order valence-corrected chi connectivity index (χ1v) is 7.73. The Kier molecular flexibility index (Phi) is 6.08. The molecule has 1 aromatic rings. The molecule has 0 heterocycles. The van der Waals surface area contributed by atoms with Crippen molar-refractivity contribution >= 4 is 17.6 Å². The van der Waals surface area contributed by atoms with E-state index in [0.717, 1.165) is 25.7 Å². The predicted octanol–water partition coefficient (Wildman–Crippen LogP) is 2.13. The van der Waals surface area contributed by atoms with Gasteiger partial charge in [-0.3, -0.25) is 19.7 Å². The minimum Gasteiger partial charge on any atom is -0.455 e. The second kappa shape index (κ2) is 8.26. The monoisotopic (exact) mass is 320 g/mol. The zero-order valence-corrected chi connectivity index (χ0v) is 12.8. The molecule has 1 aliphatic rings. The Morgan fingerprint density at radius 1 is 1.22 bits per heavy atom. The fourth-order valence-electron chi connectivity index (χ4n) is 2.71. The number of nitrogens with zero attached hydrogens (tertiary/aromatic N) is 1. The molecule has 0 unspecified atom stereocenters. The van der Waals surface area contributed by atoms with Gasteiger partial charge in [-0.15, -0.1) is 0 Å². The van der Waals surface area contributed by atoms with Gasteiger partial charge in [0.1, 0.15) is 0 Å². The van der Waals surface area contributed by atoms with Crippen molar-refractivity contribution in [3.63, 3.8) is 0 Å². The van der Waals surface area contributed by atoms with Gasteiger partial charge in [-0.05, 0) is 12.8 Å². The van der Waals surface area contributed by atoms with E-state index in [2.05, 4.69) is 5.32 Å². The van der Waals surface area contributed by atoms with Crippen molar-refractivity contribution in [2.75, 3.05) is 6.61 Å². The van der Waals surface area contributed by atoms with Gasteiger partial charge in [-0.2, -0.15) is 0 Å². The number of nitro benzene ring substituents is 1. The fraction of sp³-hybridized carbons (Fsp3) is 0.500. The van der Waals surface area contributed by atoms with Gasteiger partial charge in [-0.25, -0.2) is 0 Å². The Hall–Kier alpha value is -2.44. The van der Waals surface area contributed by atoms with Crippen LogP contribution < -0.4 is 5.32 Å². The Balaban J connectivity index is 1.78. The van der Waals surface area contributed by atoms with Gasteiger partial charge in [0.25, 0.3) is 11.6 Å². The van der Waals surface area contributed by atoms with E-state index in [4.69, 9.17) is 4.74 Å². The highest BCUT2D eigenvalue weighted by Crippen LogP contribution is 2.19. The summed E-state index contributed by atoms with van der Waals surface area (Å²) < 4.78 is 4.91. The maximum absolute atomic E-state index is 11.8. The van der Waals surface area contributed by atoms with Crippen LogP contribution in [0.25, 0.3) is 0 Å². The van der Waals surface area contributed by atoms with Crippen LogP contribution in [0.15, 0.2) is 24.3 Å². The lowest BCUT2D eigenvalue weighted by atomic mass is 9.95. The maximum Gasteiger partial charge on any atom is 0.311 e. The summed E-state index contributed by atoms with van der Waals surface area (Å²) in [5.74, 6) is -0.981. The topological polar surface area (TPSA) is 98.5 Å². The number of nitrogens with one attached hydrogen (secondary N) is 1. The van der Waals surface area contributed by atoms with Crippen molar-refractivity contribution < 1.29 is 19.2 Å². The second-order valence-corrected chi connectivity index (χ2v) is 5.63. The summed E-state index contributed by atoms with van der Waals surface area (Å²) in [4.78, 5) is 33.8. The molecule has 7 nitrogen and oxygen atoms in total. The van der Waals surface area contributed by atoms with Crippen molar-refractivity contribution in [2.24, 2.45) is 0 Å². The number of carbonyl (C=O) groups excluding carboxylic acids is 2. The predicted molar refractivity (Wildman–Crippen MR) is 82.8 cm³/mol. The van der Waals surface area contributed by atoms with Crippen LogP contribution in [0.2, 0.25) is 0 Å². The number of esters is 1. The normalized spacial score (nSPS) is 15.0. The van der Waals surface area contributed by atoms with Crippen LogP contribution in [0.1, 0.15) is 37.7 Å². The summed E-state index contributed by atoms with van der Waals surface area (Å²) in [5, 5.41) is 13.7.